The van der Waals surface area contributed by atoms with Gasteiger partial charge in [0.15, 0.2) is 0 Å². The second-order valence-electron chi connectivity index (χ2n) is 8.13. The monoisotopic (exact) mass is 436 g/mol. The number of nitrogens with zero attached hydrogens (tertiary/aromatic N) is 1. The van der Waals surface area contributed by atoms with E-state index in [1.165, 1.54) is 0 Å². The molecule has 2 fully saturated rings. The largest absolute Gasteiger partial charge is 0.378 e. The Kier molecular flexibility index (Phi) is 6.70. The van der Waals surface area contributed by atoms with Crippen molar-refractivity contribution in [3.05, 3.63) is 53.6 Å². The van der Waals surface area contributed by atoms with Crippen LogP contribution in [-0.4, -0.2) is 55.5 Å². The zero-order valence-corrected chi connectivity index (χ0v) is 18.1. The van der Waals surface area contributed by atoms with Crippen LogP contribution in [0.5, 0.6) is 0 Å². The van der Waals surface area contributed by atoms with Gasteiger partial charge in [-0.15, -0.1) is 0 Å². The minimum absolute atomic E-state index is 0.0505. The summed E-state index contributed by atoms with van der Waals surface area (Å²) in [6.07, 6.45) is 1.89. The maximum atomic E-state index is 12.7. The summed E-state index contributed by atoms with van der Waals surface area (Å²) in [4.78, 5) is 38.9. The number of nitrogens with one attached hydrogen (secondary N) is 3. The fourth-order valence-electron chi connectivity index (χ4n) is 3.60. The quantitative estimate of drug-likeness (QED) is 0.620. The highest BCUT2D eigenvalue weighted by Gasteiger charge is 2.29. The van der Waals surface area contributed by atoms with Crippen LogP contribution in [0.25, 0.3) is 0 Å². The molecule has 0 aromatic heterocycles. The van der Waals surface area contributed by atoms with Crippen molar-refractivity contribution in [1.29, 1.82) is 0 Å². The molecular weight excluding hydrogens is 408 g/mol. The molecule has 1 aliphatic heterocycles. The smallest absolute Gasteiger partial charge is 0.254 e. The summed E-state index contributed by atoms with van der Waals surface area (Å²) in [7, 11) is 0. The van der Waals surface area contributed by atoms with Crippen molar-refractivity contribution in [1.82, 2.24) is 4.90 Å². The summed E-state index contributed by atoms with van der Waals surface area (Å²) < 4.78 is 5.29. The van der Waals surface area contributed by atoms with Crippen molar-refractivity contribution in [3.63, 3.8) is 0 Å². The highest BCUT2D eigenvalue weighted by atomic mass is 16.5. The predicted octanol–water partition coefficient (Wildman–Crippen LogP) is 2.87. The van der Waals surface area contributed by atoms with Gasteiger partial charge in [-0.25, -0.2) is 0 Å². The Morgan fingerprint density at radius 3 is 2.47 bits per heavy atom. The van der Waals surface area contributed by atoms with Crippen LogP contribution in [-0.2, 0) is 14.3 Å². The molecule has 1 heterocycles. The van der Waals surface area contributed by atoms with Crippen molar-refractivity contribution in [2.24, 2.45) is 5.92 Å². The van der Waals surface area contributed by atoms with Crippen molar-refractivity contribution >= 4 is 34.8 Å². The highest BCUT2D eigenvalue weighted by Crippen LogP contribution is 2.31. The normalized spacial score (nSPS) is 15.7. The number of hydrogen-bond acceptors (Lipinski definition) is 5. The minimum atomic E-state index is -0.229. The van der Waals surface area contributed by atoms with Gasteiger partial charge in [-0.1, -0.05) is 12.1 Å². The summed E-state index contributed by atoms with van der Waals surface area (Å²) in [5.74, 6) is -0.117. The van der Waals surface area contributed by atoms with Crippen LogP contribution in [0.2, 0.25) is 0 Å². The third-order valence-electron chi connectivity index (χ3n) is 5.67. The lowest BCUT2D eigenvalue weighted by molar-refractivity contribution is -0.117. The number of carbonyl (C=O) groups is 3. The summed E-state index contributed by atoms with van der Waals surface area (Å²) in [6.45, 7) is 4.18. The SMILES string of the molecule is Cc1c(NCC(=O)Nc2cccc(C(=O)N3CCOCC3)c2)cccc1NC(=O)C1CC1. The predicted molar refractivity (Wildman–Crippen MR) is 123 cm³/mol. The van der Waals surface area contributed by atoms with E-state index in [9.17, 15) is 14.4 Å². The molecule has 2 aliphatic rings. The number of carbonyl (C=O) groups excluding carboxylic acids is 3. The van der Waals surface area contributed by atoms with Crippen molar-refractivity contribution in [2.75, 3.05) is 48.8 Å². The van der Waals surface area contributed by atoms with Gasteiger partial charge >= 0.3 is 0 Å². The maximum Gasteiger partial charge on any atom is 0.254 e. The van der Waals surface area contributed by atoms with Crippen LogP contribution in [0.1, 0.15) is 28.8 Å². The Labute approximate surface area is 187 Å². The first-order chi connectivity index (χ1) is 15.5. The Morgan fingerprint density at radius 1 is 1.00 bits per heavy atom. The zero-order chi connectivity index (χ0) is 22.5. The summed E-state index contributed by atoms with van der Waals surface area (Å²) in [5, 5.41) is 8.92. The molecule has 1 aliphatic carbocycles. The van der Waals surface area contributed by atoms with Crippen molar-refractivity contribution < 1.29 is 19.1 Å². The van der Waals surface area contributed by atoms with E-state index < -0.39 is 0 Å². The molecule has 4 rings (SSSR count). The number of benzene rings is 2. The number of amides is 3. The van der Waals surface area contributed by atoms with Crippen LogP contribution in [0, 0.1) is 12.8 Å². The second-order valence-corrected chi connectivity index (χ2v) is 8.13. The first-order valence-electron chi connectivity index (χ1n) is 10.9. The van der Waals surface area contributed by atoms with Crippen LogP contribution >= 0.6 is 0 Å². The maximum absolute atomic E-state index is 12.7. The van der Waals surface area contributed by atoms with Crippen molar-refractivity contribution in [2.45, 2.75) is 19.8 Å². The highest BCUT2D eigenvalue weighted by molar-refractivity contribution is 5.98. The molecule has 0 bridgehead atoms. The van der Waals surface area contributed by atoms with Gasteiger partial charge in [-0.05, 0) is 55.7 Å². The lowest BCUT2D eigenvalue weighted by atomic mass is 10.1. The second kappa shape index (κ2) is 9.82. The van der Waals surface area contributed by atoms with E-state index in [-0.39, 0.29) is 30.2 Å². The number of ether oxygens (including phenoxy) is 1. The first-order valence-corrected chi connectivity index (χ1v) is 10.9. The molecule has 1 saturated heterocycles. The van der Waals surface area contributed by atoms with E-state index in [1.54, 1.807) is 29.2 Å². The fourth-order valence-corrected chi connectivity index (χ4v) is 3.60. The van der Waals surface area contributed by atoms with E-state index in [0.717, 1.165) is 29.8 Å². The molecule has 3 amide bonds. The standard InChI is InChI=1S/C24H28N4O4/c1-16-20(6-3-7-21(16)27-23(30)17-8-9-17)25-15-22(29)26-19-5-2-4-18(14-19)24(31)28-10-12-32-13-11-28/h2-7,14,17,25H,8-13,15H2,1H3,(H,26,29)(H,27,30). The third-order valence-corrected chi connectivity index (χ3v) is 5.67. The average molecular weight is 437 g/mol. The van der Waals surface area contributed by atoms with E-state index in [1.807, 2.05) is 25.1 Å². The zero-order valence-electron chi connectivity index (χ0n) is 18.1. The van der Waals surface area contributed by atoms with Crippen LogP contribution in [0.4, 0.5) is 17.1 Å². The van der Waals surface area contributed by atoms with E-state index in [0.29, 0.717) is 37.6 Å². The van der Waals surface area contributed by atoms with Crippen LogP contribution in [0.15, 0.2) is 42.5 Å². The summed E-state index contributed by atoms with van der Waals surface area (Å²) in [5.41, 5.74) is 3.52. The Bertz CT molecular complexity index is 1010. The molecule has 1 saturated carbocycles. The third kappa shape index (κ3) is 5.45. The van der Waals surface area contributed by atoms with E-state index in [2.05, 4.69) is 16.0 Å². The van der Waals surface area contributed by atoms with Gasteiger partial charge in [0.05, 0.1) is 19.8 Å². The lowest BCUT2D eigenvalue weighted by Crippen LogP contribution is -2.40. The van der Waals surface area contributed by atoms with Crippen LogP contribution < -0.4 is 16.0 Å². The van der Waals surface area contributed by atoms with Gasteiger partial charge in [0.2, 0.25) is 11.8 Å². The Morgan fingerprint density at radius 2 is 1.72 bits per heavy atom. The molecule has 8 heteroatoms. The minimum Gasteiger partial charge on any atom is -0.378 e. The van der Waals surface area contributed by atoms with Gasteiger partial charge in [0.1, 0.15) is 0 Å². The van der Waals surface area contributed by atoms with Crippen molar-refractivity contribution in [3.8, 4) is 0 Å². The number of rotatable bonds is 7. The van der Waals surface area contributed by atoms with Gasteiger partial charge in [-0.3, -0.25) is 14.4 Å². The van der Waals surface area contributed by atoms with E-state index in [4.69, 9.17) is 4.74 Å². The summed E-state index contributed by atoms with van der Waals surface area (Å²) in [6, 6.07) is 12.5. The molecule has 32 heavy (non-hydrogen) atoms. The molecule has 2 aromatic rings. The molecule has 0 unspecified atom stereocenters. The average Bonchev–Trinajstić information content (AvgIpc) is 3.65. The molecule has 8 nitrogen and oxygen atoms in total. The lowest BCUT2D eigenvalue weighted by Gasteiger charge is -2.27. The first kappa shape index (κ1) is 21.8. The fraction of sp³-hybridized carbons (Fsp3) is 0.375. The van der Waals surface area contributed by atoms with E-state index >= 15 is 0 Å². The summed E-state index contributed by atoms with van der Waals surface area (Å²) >= 11 is 0. The number of anilines is 3. The molecule has 0 radical (unpaired) electrons. The van der Waals surface area contributed by atoms with Gasteiger partial charge in [0, 0.05) is 41.6 Å². The van der Waals surface area contributed by atoms with Gasteiger partial charge < -0.3 is 25.6 Å². The molecule has 0 spiro atoms. The van der Waals surface area contributed by atoms with Crippen LogP contribution in [0.3, 0.4) is 0 Å². The number of morpholine rings is 1. The molecule has 2 aromatic carbocycles. The Balaban J connectivity index is 1.33. The van der Waals surface area contributed by atoms with Gasteiger partial charge in [0.25, 0.3) is 5.91 Å². The molecular formula is C24H28N4O4. The Hall–Kier alpha value is -3.39. The molecule has 0 atom stereocenters. The number of hydrogen-bond donors (Lipinski definition) is 3. The molecule has 3 N–H and O–H groups in total. The topological polar surface area (TPSA) is 99.8 Å². The van der Waals surface area contributed by atoms with Gasteiger partial charge in [-0.2, -0.15) is 0 Å². The molecule has 168 valence electrons.